The number of aromatic nitrogens is 2. The number of para-hydroxylation sites is 2. The van der Waals surface area contributed by atoms with Gasteiger partial charge in [0.15, 0.2) is 0 Å². The Bertz CT molecular complexity index is 597. The third-order valence-corrected chi connectivity index (χ3v) is 4.42. The predicted octanol–water partition coefficient (Wildman–Crippen LogP) is 1.82. The molecule has 4 nitrogen and oxygen atoms in total. The van der Waals surface area contributed by atoms with Crippen molar-refractivity contribution in [3.63, 3.8) is 0 Å². The first-order valence-electron chi connectivity index (χ1n) is 7.10. The van der Waals surface area contributed by atoms with Crippen LogP contribution in [0.3, 0.4) is 0 Å². The molecule has 3 heterocycles. The summed E-state index contributed by atoms with van der Waals surface area (Å²) in [6.07, 6.45) is 4.44. The van der Waals surface area contributed by atoms with Crippen LogP contribution in [0, 0.1) is 5.92 Å². The molecular weight excluding hydrogens is 236 g/mol. The van der Waals surface area contributed by atoms with Crippen molar-refractivity contribution < 1.29 is 0 Å². The predicted molar refractivity (Wildman–Crippen MR) is 76.3 cm³/mol. The highest BCUT2D eigenvalue weighted by atomic mass is 15.2. The topological polar surface area (TPSA) is 41.1 Å². The number of rotatable bonds is 1. The molecule has 2 aromatic rings. The van der Waals surface area contributed by atoms with Crippen molar-refractivity contribution in [2.24, 2.45) is 5.92 Å². The van der Waals surface area contributed by atoms with Gasteiger partial charge < -0.3 is 10.2 Å². The first-order chi connectivity index (χ1) is 9.40. The van der Waals surface area contributed by atoms with E-state index in [4.69, 9.17) is 4.98 Å². The van der Waals surface area contributed by atoms with Gasteiger partial charge in [0.05, 0.1) is 17.2 Å². The van der Waals surface area contributed by atoms with Crippen LogP contribution in [0.25, 0.3) is 11.0 Å². The molecule has 0 spiro atoms. The van der Waals surface area contributed by atoms with Crippen LogP contribution in [0.15, 0.2) is 30.5 Å². The molecular formula is C15H18N4. The highest BCUT2D eigenvalue weighted by molar-refractivity contribution is 5.75. The largest absolute Gasteiger partial charge is 0.355 e. The average molecular weight is 254 g/mol. The number of benzene rings is 1. The van der Waals surface area contributed by atoms with Crippen molar-refractivity contribution in [3.8, 4) is 0 Å². The Morgan fingerprint density at radius 1 is 1.16 bits per heavy atom. The van der Waals surface area contributed by atoms with Crippen molar-refractivity contribution in [2.45, 2.75) is 18.9 Å². The molecule has 4 heteroatoms. The number of hydrogen-bond donors (Lipinski definition) is 1. The maximum Gasteiger partial charge on any atom is 0.147 e. The zero-order valence-electron chi connectivity index (χ0n) is 10.9. The molecule has 2 atom stereocenters. The summed E-state index contributed by atoms with van der Waals surface area (Å²) < 4.78 is 0. The van der Waals surface area contributed by atoms with E-state index in [1.54, 1.807) is 0 Å². The fourth-order valence-electron chi connectivity index (χ4n) is 3.36. The van der Waals surface area contributed by atoms with Gasteiger partial charge in [-0.05, 0) is 37.4 Å². The van der Waals surface area contributed by atoms with Gasteiger partial charge in [-0.1, -0.05) is 12.1 Å². The van der Waals surface area contributed by atoms with E-state index < -0.39 is 0 Å². The highest BCUT2D eigenvalue weighted by Gasteiger charge is 2.33. The molecule has 4 rings (SSSR count). The minimum atomic E-state index is 0.727. The van der Waals surface area contributed by atoms with Gasteiger partial charge in [-0.2, -0.15) is 0 Å². The number of hydrogen-bond acceptors (Lipinski definition) is 4. The van der Waals surface area contributed by atoms with Gasteiger partial charge in [0, 0.05) is 19.1 Å². The lowest BCUT2D eigenvalue weighted by molar-refractivity contribution is 0.375. The summed E-state index contributed by atoms with van der Waals surface area (Å²) in [6, 6.07) is 8.81. The quantitative estimate of drug-likeness (QED) is 0.843. The van der Waals surface area contributed by atoms with Crippen LogP contribution in [-0.2, 0) is 0 Å². The summed E-state index contributed by atoms with van der Waals surface area (Å²) in [6.45, 7) is 3.37. The van der Waals surface area contributed by atoms with Crippen LogP contribution in [-0.4, -0.2) is 35.6 Å². The van der Waals surface area contributed by atoms with Gasteiger partial charge >= 0.3 is 0 Å². The van der Waals surface area contributed by atoms with Crippen LogP contribution in [0.2, 0.25) is 0 Å². The summed E-state index contributed by atoms with van der Waals surface area (Å²) in [5.74, 6) is 1.81. The Morgan fingerprint density at radius 3 is 3.00 bits per heavy atom. The molecule has 0 bridgehead atoms. The Kier molecular flexibility index (Phi) is 2.62. The normalized spacial score (nSPS) is 26.6. The second-order valence-electron chi connectivity index (χ2n) is 5.56. The molecule has 2 aliphatic heterocycles. The SMILES string of the molecule is c1ccc2nc(N3CCC4NCCC4C3)cnc2c1. The van der Waals surface area contributed by atoms with Gasteiger partial charge in [-0.25, -0.2) is 4.98 Å². The first kappa shape index (κ1) is 11.2. The zero-order chi connectivity index (χ0) is 12.7. The van der Waals surface area contributed by atoms with Gasteiger partial charge in [0.2, 0.25) is 0 Å². The van der Waals surface area contributed by atoms with E-state index >= 15 is 0 Å². The summed E-state index contributed by atoms with van der Waals surface area (Å²) in [5, 5.41) is 3.60. The van der Waals surface area contributed by atoms with E-state index in [0.717, 1.165) is 41.9 Å². The van der Waals surface area contributed by atoms with E-state index in [1.807, 2.05) is 30.5 Å². The number of nitrogens with one attached hydrogen (secondary N) is 1. The number of piperidine rings is 1. The minimum absolute atomic E-state index is 0.727. The molecule has 1 N–H and O–H groups in total. The Morgan fingerprint density at radius 2 is 2.05 bits per heavy atom. The van der Waals surface area contributed by atoms with Crippen molar-refractivity contribution in [3.05, 3.63) is 30.5 Å². The van der Waals surface area contributed by atoms with Crippen LogP contribution >= 0.6 is 0 Å². The maximum absolute atomic E-state index is 4.76. The number of anilines is 1. The minimum Gasteiger partial charge on any atom is -0.355 e. The van der Waals surface area contributed by atoms with E-state index in [-0.39, 0.29) is 0 Å². The van der Waals surface area contributed by atoms with Crippen molar-refractivity contribution in [1.29, 1.82) is 0 Å². The van der Waals surface area contributed by atoms with E-state index in [9.17, 15) is 0 Å². The summed E-state index contributed by atoms with van der Waals surface area (Å²) in [7, 11) is 0. The molecule has 2 saturated heterocycles. The summed E-state index contributed by atoms with van der Waals surface area (Å²) in [4.78, 5) is 11.7. The van der Waals surface area contributed by atoms with Gasteiger partial charge in [-0.15, -0.1) is 0 Å². The number of nitrogens with zero attached hydrogens (tertiary/aromatic N) is 3. The number of fused-ring (bicyclic) bond motifs is 2. The standard InChI is InChI=1S/C15H18N4/c1-2-4-14-13(3-1)17-9-15(18-14)19-8-6-12-11(10-19)5-7-16-12/h1-4,9,11-12,16H,5-8,10H2. The van der Waals surface area contributed by atoms with E-state index in [0.29, 0.717) is 0 Å². The van der Waals surface area contributed by atoms with Gasteiger partial charge in [-0.3, -0.25) is 4.98 Å². The highest BCUT2D eigenvalue weighted by Crippen LogP contribution is 2.27. The molecule has 0 radical (unpaired) electrons. The lowest BCUT2D eigenvalue weighted by Gasteiger charge is -2.35. The van der Waals surface area contributed by atoms with Crippen molar-refractivity contribution in [1.82, 2.24) is 15.3 Å². The lowest BCUT2D eigenvalue weighted by Crippen LogP contribution is -2.44. The Labute approximate surface area is 112 Å². The van der Waals surface area contributed by atoms with Crippen LogP contribution in [0.1, 0.15) is 12.8 Å². The molecule has 1 aromatic heterocycles. The molecule has 1 aromatic carbocycles. The molecule has 0 amide bonds. The Balaban J connectivity index is 1.63. The van der Waals surface area contributed by atoms with Gasteiger partial charge in [0.25, 0.3) is 0 Å². The molecule has 2 aliphatic rings. The molecule has 2 fully saturated rings. The third-order valence-electron chi connectivity index (χ3n) is 4.42. The van der Waals surface area contributed by atoms with Crippen LogP contribution < -0.4 is 10.2 Å². The fourth-order valence-corrected chi connectivity index (χ4v) is 3.36. The monoisotopic (exact) mass is 254 g/mol. The fraction of sp³-hybridized carbons (Fsp3) is 0.467. The average Bonchev–Trinajstić information content (AvgIpc) is 2.94. The second-order valence-corrected chi connectivity index (χ2v) is 5.56. The summed E-state index contributed by atoms with van der Waals surface area (Å²) in [5.41, 5.74) is 1.97. The maximum atomic E-state index is 4.76. The van der Waals surface area contributed by atoms with E-state index in [1.165, 1.54) is 19.4 Å². The van der Waals surface area contributed by atoms with Crippen molar-refractivity contribution in [2.75, 3.05) is 24.5 Å². The molecule has 19 heavy (non-hydrogen) atoms. The van der Waals surface area contributed by atoms with Gasteiger partial charge in [0.1, 0.15) is 5.82 Å². The zero-order valence-corrected chi connectivity index (χ0v) is 10.9. The first-order valence-corrected chi connectivity index (χ1v) is 7.10. The summed E-state index contributed by atoms with van der Waals surface area (Å²) >= 11 is 0. The van der Waals surface area contributed by atoms with Crippen LogP contribution in [0.4, 0.5) is 5.82 Å². The third kappa shape index (κ3) is 1.96. The molecule has 98 valence electrons. The van der Waals surface area contributed by atoms with Crippen molar-refractivity contribution >= 4 is 16.9 Å². The second kappa shape index (κ2) is 4.46. The molecule has 0 aliphatic carbocycles. The Hall–Kier alpha value is -1.68. The molecule has 0 saturated carbocycles. The van der Waals surface area contributed by atoms with Crippen LogP contribution in [0.5, 0.6) is 0 Å². The smallest absolute Gasteiger partial charge is 0.147 e. The molecule has 2 unspecified atom stereocenters. The van der Waals surface area contributed by atoms with E-state index in [2.05, 4.69) is 15.2 Å². The lowest BCUT2D eigenvalue weighted by atomic mass is 9.93.